The Morgan fingerprint density at radius 2 is 2.10 bits per heavy atom. The van der Waals surface area contributed by atoms with E-state index in [1.807, 2.05) is 30.4 Å². The molecule has 2 aliphatic carbocycles. The van der Waals surface area contributed by atoms with Crippen molar-refractivity contribution in [1.82, 2.24) is 0 Å². The molecule has 2 heterocycles. The van der Waals surface area contributed by atoms with Gasteiger partial charge >= 0.3 is 0 Å². The molecule has 0 amide bonds. The monoisotopic (exact) mass is 536 g/mol. The fourth-order valence-corrected chi connectivity index (χ4v) is 4.53. The molecule has 1 fully saturated rings. The summed E-state index contributed by atoms with van der Waals surface area (Å²) < 4.78 is 18.2. The molecular formula is C24H25IO6. The molecule has 3 aliphatic rings. The summed E-state index contributed by atoms with van der Waals surface area (Å²) >= 11 is 2.32. The van der Waals surface area contributed by atoms with Gasteiger partial charge in [0.2, 0.25) is 5.78 Å². The van der Waals surface area contributed by atoms with Gasteiger partial charge in [0.15, 0.2) is 24.1 Å². The molecule has 0 aromatic carbocycles. The number of allylic oxidation sites excluding steroid dienone is 4. The summed E-state index contributed by atoms with van der Waals surface area (Å²) in [6.07, 6.45) is 14.1. The number of fused-ring (bicyclic) bond motifs is 1. The van der Waals surface area contributed by atoms with E-state index in [1.165, 1.54) is 0 Å². The summed E-state index contributed by atoms with van der Waals surface area (Å²) in [7, 11) is 0. The third-order valence-electron chi connectivity index (χ3n) is 5.72. The highest BCUT2D eigenvalue weighted by atomic mass is 127. The van der Waals surface area contributed by atoms with Gasteiger partial charge in [-0.1, -0.05) is 53.0 Å². The summed E-state index contributed by atoms with van der Waals surface area (Å²) in [6.45, 7) is 0.710. The Morgan fingerprint density at radius 3 is 2.81 bits per heavy atom. The first-order valence-corrected chi connectivity index (χ1v) is 11.9. The van der Waals surface area contributed by atoms with Gasteiger partial charge in [-0.15, -0.1) is 0 Å². The number of carbonyl (C=O) groups is 3. The molecule has 3 atom stereocenters. The molecule has 1 saturated heterocycles. The predicted molar refractivity (Wildman–Crippen MR) is 123 cm³/mol. The van der Waals surface area contributed by atoms with Crippen molar-refractivity contribution in [2.75, 3.05) is 6.61 Å². The molecule has 7 heteroatoms. The van der Waals surface area contributed by atoms with Gasteiger partial charge in [0.25, 0.3) is 0 Å². The molecule has 3 unspecified atom stereocenters. The highest BCUT2D eigenvalue weighted by Crippen LogP contribution is 2.34. The van der Waals surface area contributed by atoms with E-state index >= 15 is 0 Å². The number of alkyl halides is 1. The maximum Gasteiger partial charge on any atom is 0.228 e. The van der Waals surface area contributed by atoms with Gasteiger partial charge in [0.05, 0.1) is 6.10 Å². The first-order valence-electron chi connectivity index (χ1n) is 10.7. The van der Waals surface area contributed by atoms with Crippen LogP contribution in [0.3, 0.4) is 0 Å². The highest BCUT2D eigenvalue weighted by Gasteiger charge is 2.30. The van der Waals surface area contributed by atoms with Crippen LogP contribution in [0.1, 0.15) is 59.5 Å². The van der Waals surface area contributed by atoms with E-state index in [0.717, 1.165) is 31.2 Å². The van der Waals surface area contributed by atoms with Crippen LogP contribution >= 0.6 is 22.6 Å². The summed E-state index contributed by atoms with van der Waals surface area (Å²) in [6, 6.07) is 0. The standard InChI is InChI=1S/C24H25IO6/c25-16-6-4-15(5-7-16)23(28)24-20(10-8-17(27)14-26)19-11-9-18(13-21(19)31-24)30-22-3-1-2-12-29-22/h4-6,9,11,14,16,18,22H,1-3,7-8,10,12-13H2. The molecule has 31 heavy (non-hydrogen) atoms. The van der Waals surface area contributed by atoms with Gasteiger partial charge in [-0.25, -0.2) is 0 Å². The van der Waals surface area contributed by atoms with Crippen LogP contribution in [0.4, 0.5) is 0 Å². The highest BCUT2D eigenvalue weighted by molar-refractivity contribution is 14.1. The molecule has 0 N–H and O–H groups in total. The lowest BCUT2D eigenvalue weighted by molar-refractivity contribution is -0.178. The largest absolute Gasteiger partial charge is 0.457 e. The van der Waals surface area contributed by atoms with Crippen LogP contribution in [-0.4, -0.2) is 40.8 Å². The van der Waals surface area contributed by atoms with Crippen molar-refractivity contribution in [3.63, 3.8) is 0 Å². The van der Waals surface area contributed by atoms with Gasteiger partial charge in [-0.3, -0.25) is 14.4 Å². The summed E-state index contributed by atoms with van der Waals surface area (Å²) in [5.41, 5.74) is 2.10. The average molecular weight is 536 g/mol. The lowest BCUT2D eigenvalue weighted by Gasteiger charge is -2.27. The lowest BCUT2D eigenvalue weighted by Crippen LogP contribution is -2.29. The summed E-state index contributed by atoms with van der Waals surface area (Å²) in [5, 5.41) is 0. The number of ether oxygens (including phenoxy) is 2. The third kappa shape index (κ3) is 5.32. The van der Waals surface area contributed by atoms with E-state index in [-0.39, 0.29) is 36.8 Å². The Bertz CT molecular complexity index is 948. The maximum absolute atomic E-state index is 13.2. The van der Waals surface area contributed by atoms with Crippen LogP contribution in [0.5, 0.6) is 0 Å². The number of carbonyl (C=O) groups excluding carboxylic acids is 3. The van der Waals surface area contributed by atoms with Gasteiger partial charge < -0.3 is 13.9 Å². The predicted octanol–water partition coefficient (Wildman–Crippen LogP) is 4.33. The zero-order valence-corrected chi connectivity index (χ0v) is 19.3. The molecule has 0 radical (unpaired) electrons. The lowest BCUT2D eigenvalue weighted by atomic mass is 9.93. The minimum atomic E-state index is -0.492. The van der Waals surface area contributed by atoms with Gasteiger partial charge in [-0.05, 0) is 32.1 Å². The Hall–Kier alpha value is -1.84. The fraction of sp³-hybridized carbons (Fsp3) is 0.458. The Balaban J connectivity index is 1.58. The van der Waals surface area contributed by atoms with Crippen molar-refractivity contribution in [3.8, 4) is 0 Å². The normalized spacial score (nSPS) is 25.1. The topological polar surface area (TPSA) is 82.8 Å². The molecule has 164 valence electrons. The van der Waals surface area contributed by atoms with Crippen molar-refractivity contribution in [1.29, 1.82) is 0 Å². The van der Waals surface area contributed by atoms with Crippen molar-refractivity contribution in [3.05, 3.63) is 52.5 Å². The molecule has 0 bridgehead atoms. The van der Waals surface area contributed by atoms with E-state index in [4.69, 9.17) is 13.9 Å². The number of hydrogen-bond acceptors (Lipinski definition) is 6. The quantitative estimate of drug-likeness (QED) is 0.162. The molecule has 6 nitrogen and oxygen atoms in total. The molecule has 4 rings (SSSR count). The number of halogens is 1. The Kier molecular flexibility index (Phi) is 7.35. The number of Topliss-reactive ketones (excluding diaryl/α,β-unsaturated/α-hetero) is 2. The molecule has 1 aliphatic heterocycles. The number of aldehydes is 1. The van der Waals surface area contributed by atoms with Crippen LogP contribution in [0, 0.1) is 0 Å². The van der Waals surface area contributed by atoms with Crippen LogP contribution in [0.2, 0.25) is 0 Å². The SMILES string of the molecule is O=CC(=O)CCc1c(C(=O)C2=CCC(I)C=C2)oc2c1C=CC(OC1CCCCO1)C2. The van der Waals surface area contributed by atoms with Gasteiger partial charge in [0, 0.05) is 40.1 Å². The number of hydrogen-bond donors (Lipinski definition) is 0. The second kappa shape index (κ2) is 10.2. The molecular weight excluding hydrogens is 511 g/mol. The van der Waals surface area contributed by atoms with E-state index in [9.17, 15) is 14.4 Å². The van der Waals surface area contributed by atoms with Crippen LogP contribution in [-0.2, 0) is 31.9 Å². The second-order valence-corrected chi connectivity index (χ2v) is 9.56. The maximum atomic E-state index is 13.2. The average Bonchev–Trinajstić information content (AvgIpc) is 3.16. The van der Waals surface area contributed by atoms with Gasteiger partial charge in [-0.2, -0.15) is 0 Å². The number of furan rings is 1. The van der Waals surface area contributed by atoms with Crippen molar-refractivity contribution >= 4 is 46.5 Å². The third-order valence-corrected chi connectivity index (χ3v) is 6.65. The minimum absolute atomic E-state index is 0.0458. The molecule has 1 aromatic heterocycles. The second-order valence-electron chi connectivity index (χ2n) is 7.96. The van der Waals surface area contributed by atoms with E-state index < -0.39 is 5.78 Å². The van der Waals surface area contributed by atoms with E-state index in [1.54, 1.807) is 0 Å². The van der Waals surface area contributed by atoms with Crippen molar-refractivity contribution in [2.45, 2.75) is 61.3 Å². The van der Waals surface area contributed by atoms with Crippen LogP contribution in [0.25, 0.3) is 6.08 Å². The first kappa shape index (κ1) is 22.4. The minimum Gasteiger partial charge on any atom is -0.457 e. The number of rotatable bonds is 8. The summed E-state index contributed by atoms with van der Waals surface area (Å²) in [5.74, 6) is 0.246. The van der Waals surface area contributed by atoms with E-state index in [2.05, 4.69) is 22.6 Å². The Labute approximate surface area is 194 Å². The van der Waals surface area contributed by atoms with Crippen LogP contribution < -0.4 is 0 Å². The molecule has 0 spiro atoms. The fourth-order valence-electron chi connectivity index (χ4n) is 4.07. The Morgan fingerprint density at radius 1 is 1.23 bits per heavy atom. The number of ketones is 2. The van der Waals surface area contributed by atoms with Gasteiger partial charge in [0.1, 0.15) is 5.76 Å². The molecule has 0 saturated carbocycles. The smallest absolute Gasteiger partial charge is 0.228 e. The zero-order valence-electron chi connectivity index (χ0n) is 17.2. The van der Waals surface area contributed by atoms with Crippen molar-refractivity contribution in [2.24, 2.45) is 0 Å². The van der Waals surface area contributed by atoms with Crippen LogP contribution in [0.15, 0.2) is 34.3 Å². The zero-order chi connectivity index (χ0) is 21.8. The first-order chi connectivity index (χ1) is 15.0. The van der Waals surface area contributed by atoms with E-state index in [0.29, 0.717) is 40.1 Å². The molecule has 1 aromatic rings. The summed E-state index contributed by atoms with van der Waals surface area (Å²) in [4.78, 5) is 35.6. The van der Waals surface area contributed by atoms with Crippen molar-refractivity contribution < 1.29 is 28.3 Å².